The second-order valence-electron chi connectivity index (χ2n) is 7.02. The maximum atomic E-state index is 5.55. The van der Waals surface area contributed by atoms with Crippen LogP contribution in [0.25, 0.3) is 0 Å². The van der Waals surface area contributed by atoms with Crippen LogP contribution in [0.15, 0.2) is 22.7 Å². The summed E-state index contributed by atoms with van der Waals surface area (Å²) < 4.78 is 16.2. The van der Waals surface area contributed by atoms with Gasteiger partial charge in [0, 0.05) is 12.5 Å². The monoisotopic (exact) mass is 379 g/mol. The van der Waals surface area contributed by atoms with Crippen molar-refractivity contribution in [3.63, 3.8) is 0 Å². The van der Waals surface area contributed by atoms with Crippen molar-refractivity contribution in [1.29, 1.82) is 0 Å². The molecule has 1 aliphatic heterocycles. The van der Waals surface area contributed by atoms with Crippen LogP contribution >= 0.6 is 12.4 Å². The van der Waals surface area contributed by atoms with Crippen LogP contribution in [-0.4, -0.2) is 30.4 Å². The Labute approximate surface area is 160 Å². The van der Waals surface area contributed by atoms with E-state index >= 15 is 0 Å². The average Bonchev–Trinajstić information content (AvgIpc) is 3.28. The summed E-state index contributed by atoms with van der Waals surface area (Å²) in [5.74, 6) is 3.63. The molecule has 2 aromatic rings. The first kappa shape index (κ1) is 19.0. The van der Waals surface area contributed by atoms with Gasteiger partial charge in [-0.3, -0.25) is 0 Å². The van der Waals surface area contributed by atoms with Crippen molar-refractivity contribution in [3.05, 3.63) is 35.5 Å². The van der Waals surface area contributed by atoms with Crippen LogP contribution < -0.4 is 14.8 Å². The third-order valence-electron chi connectivity index (χ3n) is 5.45. The summed E-state index contributed by atoms with van der Waals surface area (Å²) in [6.45, 7) is 0. The lowest BCUT2D eigenvalue weighted by molar-refractivity contribution is 0.324. The molecule has 26 heavy (non-hydrogen) atoms. The van der Waals surface area contributed by atoms with E-state index in [2.05, 4.69) is 15.5 Å². The van der Waals surface area contributed by atoms with Crippen LogP contribution in [0.5, 0.6) is 11.5 Å². The molecule has 2 fully saturated rings. The molecule has 7 heteroatoms. The Morgan fingerprint density at radius 3 is 2.73 bits per heavy atom. The van der Waals surface area contributed by atoms with E-state index in [1.54, 1.807) is 14.2 Å². The third kappa shape index (κ3) is 3.81. The largest absolute Gasteiger partial charge is 0.493 e. The zero-order chi connectivity index (χ0) is 17.2. The van der Waals surface area contributed by atoms with E-state index in [0.717, 1.165) is 29.5 Å². The molecule has 1 saturated heterocycles. The minimum absolute atomic E-state index is 0. The van der Waals surface area contributed by atoms with Gasteiger partial charge in [-0.25, -0.2) is 0 Å². The summed E-state index contributed by atoms with van der Waals surface area (Å²) in [6, 6.07) is 6.69. The fraction of sp³-hybridized carbons (Fsp3) is 0.579. The van der Waals surface area contributed by atoms with Gasteiger partial charge >= 0.3 is 0 Å². The number of ether oxygens (including phenoxy) is 2. The molecule has 1 N–H and O–H groups in total. The summed E-state index contributed by atoms with van der Waals surface area (Å²) in [6.07, 6.45) is 7.00. The molecule has 0 spiro atoms. The van der Waals surface area contributed by atoms with Gasteiger partial charge in [0.1, 0.15) is 0 Å². The number of nitrogens with one attached hydrogen (secondary N) is 1. The maximum absolute atomic E-state index is 5.55. The fourth-order valence-corrected chi connectivity index (χ4v) is 4.16. The molecule has 142 valence electrons. The van der Waals surface area contributed by atoms with Gasteiger partial charge < -0.3 is 19.3 Å². The molecule has 2 aliphatic rings. The Morgan fingerprint density at radius 1 is 1.15 bits per heavy atom. The van der Waals surface area contributed by atoms with Crippen molar-refractivity contribution in [1.82, 2.24) is 15.5 Å². The van der Waals surface area contributed by atoms with E-state index in [-0.39, 0.29) is 18.4 Å². The summed E-state index contributed by atoms with van der Waals surface area (Å²) in [4.78, 5) is 4.63. The second-order valence-corrected chi connectivity index (χ2v) is 7.02. The van der Waals surface area contributed by atoms with Gasteiger partial charge in [0.15, 0.2) is 17.3 Å². The maximum Gasteiger partial charge on any atom is 0.243 e. The number of hydrogen-bond acceptors (Lipinski definition) is 6. The van der Waals surface area contributed by atoms with Crippen molar-refractivity contribution in [2.24, 2.45) is 5.92 Å². The van der Waals surface area contributed by atoms with Crippen molar-refractivity contribution in [3.8, 4) is 11.5 Å². The molecule has 3 atom stereocenters. The fourth-order valence-electron chi connectivity index (χ4n) is 4.16. The van der Waals surface area contributed by atoms with Gasteiger partial charge in [0.2, 0.25) is 5.89 Å². The molecular weight excluding hydrogens is 354 g/mol. The summed E-state index contributed by atoms with van der Waals surface area (Å²) in [5.41, 5.74) is 1.07. The van der Waals surface area contributed by atoms with Crippen molar-refractivity contribution in [2.45, 2.75) is 50.6 Å². The predicted molar refractivity (Wildman–Crippen MR) is 100 cm³/mol. The van der Waals surface area contributed by atoms with Gasteiger partial charge in [-0.05, 0) is 42.9 Å². The van der Waals surface area contributed by atoms with Crippen molar-refractivity contribution in [2.75, 3.05) is 14.2 Å². The Hall–Kier alpha value is -1.79. The van der Waals surface area contributed by atoms with Crippen LogP contribution in [0.4, 0.5) is 0 Å². The number of rotatable bonds is 5. The summed E-state index contributed by atoms with van der Waals surface area (Å²) in [5, 5.41) is 7.86. The number of nitrogens with zero attached hydrogens (tertiary/aromatic N) is 2. The SMILES string of the molecule is COc1ccc(Cc2noc(C3CC4CCCCC4N3)n2)cc1OC.Cl. The van der Waals surface area contributed by atoms with Gasteiger partial charge in [-0.15, -0.1) is 12.4 Å². The second kappa shape index (κ2) is 8.27. The van der Waals surface area contributed by atoms with E-state index in [0.29, 0.717) is 24.0 Å². The van der Waals surface area contributed by atoms with Gasteiger partial charge in [-0.2, -0.15) is 4.98 Å². The molecule has 1 aromatic carbocycles. The van der Waals surface area contributed by atoms with E-state index in [1.165, 1.54) is 25.7 Å². The minimum atomic E-state index is 0. The molecule has 4 rings (SSSR count). The van der Waals surface area contributed by atoms with Crippen LogP contribution in [-0.2, 0) is 6.42 Å². The molecule has 6 nitrogen and oxygen atoms in total. The lowest BCUT2D eigenvalue weighted by atomic mass is 9.85. The van der Waals surface area contributed by atoms with E-state index in [9.17, 15) is 0 Å². The van der Waals surface area contributed by atoms with Crippen molar-refractivity contribution < 1.29 is 14.0 Å². The van der Waals surface area contributed by atoms with Crippen molar-refractivity contribution >= 4 is 12.4 Å². The van der Waals surface area contributed by atoms with E-state index in [1.807, 2.05) is 18.2 Å². The molecule has 0 bridgehead atoms. The highest BCUT2D eigenvalue weighted by atomic mass is 35.5. The first-order valence-corrected chi connectivity index (χ1v) is 9.06. The third-order valence-corrected chi connectivity index (χ3v) is 5.45. The topological polar surface area (TPSA) is 69.4 Å². The van der Waals surface area contributed by atoms with Crippen LogP contribution in [0.2, 0.25) is 0 Å². The molecule has 0 amide bonds. The Morgan fingerprint density at radius 2 is 1.96 bits per heavy atom. The lowest BCUT2D eigenvalue weighted by Crippen LogP contribution is -2.30. The first-order valence-electron chi connectivity index (χ1n) is 9.06. The summed E-state index contributed by atoms with van der Waals surface area (Å²) >= 11 is 0. The minimum Gasteiger partial charge on any atom is -0.493 e. The summed E-state index contributed by atoms with van der Waals surface area (Å²) in [7, 11) is 3.27. The molecule has 1 aromatic heterocycles. The lowest BCUT2D eigenvalue weighted by Gasteiger charge is -2.24. The quantitative estimate of drug-likeness (QED) is 0.854. The van der Waals surface area contributed by atoms with Crippen LogP contribution in [0.1, 0.15) is 55.4 Å². The molecule has 0 radical (unpaired) electrons. The molecule has 3 unspecified atom stereocenters. The number of methoxy groups -OCH3 is 2. The normalized spacial score (nSPS) is 24.6. The molecule has 1 saturated carbocycles. The standard InChI is InChI=1S/C19H25N3O3.ClH/c1-23-16-8-7-12(9-17(16)24-2)10-18-21-19(25-22-18)15-11-13-5-3-4-6-14(13)20-15;/h7-9,13-15,20H,3-6,10-11H2,1-2H3;1H. The average molecular weight is 380 g/mol. The van der Waals surface area contributed by atoms with Gasteiger partial charge in [0.05, 0.1) is 20.3 Å². The highest BCUT2D eigenvalue weighted by molar-refractivity contribution is 5.85. The molecular formula is C19H26ClN3O3. The number of benzene rings is 1. The molecule has 1 aliphatic carbocycles. The number of hydrogen-bond donors (Lipinski definition) is 1. The highest BCUT2D eigenvalue weighted by Gasteiger charge is 2.38. The number of fused-ring (bicyclic) bond motifs is 1. The highest BCUT2D eigenvalue weighted by Crippen LogP contribution is 2.38. The zero-order valence-corrected chi connectivity index (χ0v) is 16.1. The number of aromatic nitrogens is 2. The van der Waals surface area contributed by atoms with E-state index in [4.69, 9.17) is 14.0 Å². The van der Waals surface area contributed by atoms with Gasteiger partial charge in [-0.1, -0.05) is 24.1 Å². The Balaban J connectivity index is 0.00000196. The predicted octanol–water partition coefficient (Wildman–Crippen LogP) is 3.69. The Kier molecular flexibility index (Phi) is 6.04. The van der Waals surface area contributed by atoms with E-state index < -0.39 is 0 Å². The molecule has 2 heterocycles. The van der Waals surface area contributed by atoms with Crippen LogP contribution in [0, 0.1) is 5.92 Å². The first-order chi connectivity index (χ1) is 12.3. The number of halogens is 1. The Bertz CT molecular complexity index is 723. The smallest absolute Gasteiger partial charge is 0.243 e. The van der Waals surface area contributed by atoms with Crippen LogP contribution in [0.3, 0.4) is 0 Å². The van der Waals surface area contributed by atoms with Gasteiger partial charge in [0.25, 0.3) is 0 Å². The zero-order valence-electron chi connectivity index (χ0n) is 15.2.